The Labute approximate surface area is 126 Å². The molecule has 4 nitrogen and oxygen atoms in total. The van der Waals surface area contributed by atoms with E-state index >= 15 is 0 Å². The predicted octanol–water partition coefficient (Wildman–Crippen LogP) is 3.15. The summed E-state index contributed by atoms with van der Waals surface area (Å²) in [6, 6.07) is 9.20. The van der Waals surface area contributed by atoms with Gasteiger partial charge in [0.15, 0.2) is 0 Å². The lowest BCUT2D eigenvalue weighted by Crippen LogP contribution is -2.26. The summed E-state index contributed by atoms with van der Waals surface area (Å²) in [5.74, 6) is -0.00692. The van der Waals surface area contributed by atoms with Crippen LogP contribution >= 0.6 is 0 Å². The van der Waals surface area contributed by atoms with Gasteiger partial charge in [0.05, 0.1) is 11.3 Å². The molecule has 1 aromatic carbocycles. The molecule has 0 radical (unpaired) electrons. The molecule has 4 heteroatoms. The zero-order valence-corrected chi connectivity index (χ0v) is 12.5. The van der Waals surface area contributed by atoms with E-state index in [1.165, 1.54) is 38.8 Å². The normalized spacial score (nSPS) is 16.0. The van der Waals surface area contributed by atoms with Crippen molar-refractivity contribution in [3.05, 3.63) is 29.8 Å². The molecular weight excluding hydrogens is 262 g/mol. The monoisotopic (exact) mass is 285 g/mol. The topological polar surface area (TPSA) is 56.1 Å². The van der Waals surface area contributed by atoms with Gasteiger partial charge in [-0.2, -0.15) is 5.26 Å². The van der Waals surface area contributed by atoms with Crippen molar-refractivity contribution >= 4 is 11.6 Å². The molecule has 1 heterocycles. The third-order valence-electron chi connectivity index (χ3n) is 3.90. The number of carbonyl (C=O) groups excluding carboxylic acids is 1. The molecule has 0 saturated carbocycles. The van der Waals surface area contributed by atoms with Crippen LogP contribution < -0.4 is 5.32 Å². The van der Waals surface area contributed by atoms with Crippen molar-refractivity contribution in [1.82, 2.24) is 4.90 Å². The molecule has 1 amide bonds. The van der Waals surface area contributed by atoms with Crippen LogP contribution in [0.25, 0.3) is 0 Å². The van der Waals surface area contributed by atoms with E-state index in [1.807, 2.05) is 6.07 Å². The van der Waals surface area contributed by atoms with E-state index < -0.39 is 0 Å². The summed E-state index contributed by atoms with van der Waals surface area (Å²) >= 11 is 0. The molecule has 0 aromatic heterocycles. The van der Waals surface area contributed by atoms with E-state index in [9.17, 15) is 4.79 Å². The van der Waals surface area contributed by atoms with E-state index in [-0.39, 0.29) is 5.91 Å². The molecule has 0 spiro atoms. The van der Waals surface area contributed by atoms with E-state index in [0.717, 1.165) is 13.0 Å². The van der Waals surface area contributed by atoms with Crippen LogP contribution in [0.1, 0.15) is 44.1 Å². The molecule has 1 fully saturated rings. The highest BCUT2D eigenvalue weighted by atomic mass is 16.1. The number of nitrogens with one attached hydrogen (secondary N) is 1. The molecule has 1 saturated heterocycles. The third-order valence-corrected chi connectivity index (χ3v) is 3.90. The Morgan fingerprint density at radius 1 is 1.19 bits per heavy atom. The summed E-state index contributed by atoms with van der Waals surface area (Å²) in [6.07, 6.45) is 6.62. The zero-order chi connectivity index (χ0) is 14.9. The van der Waals surface area contributed by atoms with E-state index in [0.29, 0.717) is 17.7 Å². The molecule has 1 aliphatic rings. The number of anilines is 1. The number of rotatable bonds is 5. The number of likely N-dealkylation sites (tertiary alicyclic amines) is 1. The number of amides is 1. The van der Waals surface area contributed by atoms with Gasteiger partial charge in [-0.25, -0.2) is 0 Å². The van der Waals surface area contributed by atoms with Gasteiger partial charge in [0.2, 0.25) is 5.91 Å². The van der Waals surface area contributed by atoms with E-state index in [4.69, 9.17) is 5.26 Å². The number of hydrogen-bond acceptors (Lipinski definition) is 3. The van der Waals surface area contributed by atoms with E-state index in [1.54, 1.807) is 18.2 Å². The van der Waals surface area contributed by atoms with Crippen LogP contribution in [-0.2, 0) is 4.79 Å². The van der Waals surface area contributed by atoms with Crippen LogP contribution in [0.2, 0.25) is 0 Å². The predicted molar refractivity (Wildman–Crippen MR) is 83.9 cm³/mol. The molecule has 1 aromatic rings. The van der Waals surface area contributed by atoms with Crippen LogP contribution in [0.5, 0.6) is 0 Å². The van der Waals surface area contributed by atoms with Crippen molar-refractivity contribution in [2.45, 2.75) is 38.5 Å². The van der Waals surface area contributed by atoms with Gasteiger partial charge in [-0.15, -0.1) is 0 Å². The summed E-state index contributed by atoms with van der Waals surface area (Å²) in [5, 5.41) is 11.8. The average molecular weight is 285 g/mol. The minimum absolute atomic E-state index is 0.00692. The molecule has 0 aliphatic carbocycles. The highest BCUT2D eigenvalue weighted by molar-refractivity contribution is 5.92. The highest BCUT2D eigenvalue weighted by Crippen LogP contribution is 2.14. The van der Waals surface area contributed by atoms with Crippen LogP contribution in [0.4, 0.5) is 5.69 Å². The molecular formula is C17H23N3O. The maximum atomic E-state index is 12.0. The molecule has 0 bridgehead atoms. The molecule has 2 rings (SSSR count). The van der Waals surface area contributed by atoms with Crippen molar-refractivity contribution in [3.8, 4) is 6.07 Å². The standard InChI is InChI=1S/C17H23N3O/c18-14-15-8-3-4-9-16(15)19-17(21)10-7-13-20-11-5-1-2-6-12-20/h3-4,8-9H,1-2,5-7,10-13H2,(H,19,21). The number of hydrogen-bond donors (Lipinski definition) is 1. The lowest BCUT2D eigenvalue weighted by molar-refractivity contribution is -0.116. The fraction of sp³-hybridized carbons (Fsp3) is 0.529. The first-order valence-electron chi connectivity index (χ1n) is 7.81. The smallest absolute Gasteiger partial charge is 0.224 e. The molecule has 1 N–H and O–H groups in total. The SMILES string of the molecule is N#Cc1ccccc1NC(=O)CCCN1CCCCCC1. The summed E-state index contributed by atoms with van der Waals surface area (Å²) in [7, 11) is 0. The lowest BCUT2D eigenvalue weighted by atomic mass is 10.2. The van der Waals surface area contributed by atoms with Gasteiger partial charge >= 0.3 is 0 Å². The van der Waals surface area contributed by atoms with Crippen LogP contribution in [0.15, 0.2) is 24.3 Å². The van der Waals surface area contributed by atoms with Crippen molar-refractivity contribution in [1.29, 1.82) is 5.26 Å². The second kappa shape index (κ2) is 8.43. The van der Waals surface area contributed by atoms with Crippen molar-refractivity contribution in [2.75, 3.05) is 25.0 Å². The average Bonchev–Trinajstić information content (AvgIpc) is 2.76. The number of nitrogens with zero attached hydrogens (tertiary/aromatic N) is 2. The lowest BCUT2D eigenvalue weighted by Gasteiger charge is -2.19. The van der Waals surface area contributed by atoms with Gasteiger partial charge in [-0.05, 0) is 51.0 Å². The van der Waals surface area contributed by atoms with Crippen molar-refractivity contribution in [3.63, 3.8) is 0 Å². The molecule has 1 aliphatic heterocycles. The van der Waals surface area contributed by atoms with Gasteiger partial charge in [0.1, 0.15) is 6.07 Å². The highest BCUT2D eigenvalue weighted by Gasteiger charge is 2.10. The number of carbonyl (C=O) groups is 1. The van der Waals surface area contributed by atoms with Crippen LogP contribution in [0.3, 0.4) is 0 Å². The maximum Gasteiger partial charge on any atom is 0.224 e. The third kappa shape index (κ3) is 5.20. The summed E-state index contributed by atoms with van der Waals surface area (Å²) in [4.78, 5) is 14.4. The van der Waals surface area contributed by atoms with Gasteiger partial charge in [0, 0.05) is 6.42 Å². The van der Waals surface area contributed by atoms with Crippen LogP contribution in [0, 0.1) is 11.3 Å². The number of nitriles is 1. The van der Waals surface area contributed by atoms with Gasteiger partial charge in [-0.1, -0.05) is 25.0 Å². The second-order valence-corrected chi connectivity index (χ2v) is 5.56. The number of para-hydroxylation sites is 1. The summed E-state index contributed by atoms with van der Waals surface area (Å²) in [5.41, 5.74) is 1.12. The Kier molecular flexibility index (Phi) is 6.23. The Hall–Kier alpha value is -1.86. The van der Waals surface area contributed by atoms with Crippen molar-refractivity contribution in [2.24, 2.45) is 0 Å². The molecule has 112 valence electrons. The number of benzene rings is 1. The molecule has 0 atom stereocenters. The Morgan fingerprint density at radius 3 is 2.62 bits per heavy atom. The quantitative estimate of drug-likeness (QED) is 0.904. The zero-order valence-electron chi connectivity index (χ0n) is 12.5. The second-order valence-electron chi connectivity index (χ2n) is 5.56. The van der Waals surface area contributed by atoms with E-state index in [2.05, 4.69) is 16.3 Å². The first-order chi connectivity index (χ1) is 10.3. The first kappa shape index (κ1) is 15.5. The van der Waals surface area contributed by atoms with Crippen LogP contribution in [-0.4, -0.2) is 30.4 Å². The van der Waals surface area contributed by atoms with Gasteiger partial charge in [-0.3, -0.25) is 4.79 Å². The van der Waals surface area contributed by atoms with Crippen molar-refractivity contribution < 1.29 is 4.79 Å². The Bertz CT molecular complexity index is 499. The minimum Gasteiger partial charge on any atom is -0.325 e. The fourth-order valence-corrected chi connectivity index (χ4v) is 2.73. The minimum atomic E-state index is -0.00692. The molecule has 0 unspecified atom stereocenters. The van der Waals surface area contributed by atoms with Gasteiger partial charge < -0.3 is 10.2 Å². The fourth-order valence-electron chi connectivity index (χ4n) is 2.73. The first-order valence-corrected chi connectivity index (χ1v) is 7.81. The Balaban J connectivity index is 1.73. The maximum absolute atomic E-state index is 12.0. The summed E-state index contributed by atoms with van der Waals surface area (Å²) in [6.45, 7) is 3.32. The largest absolute Gasteiger partial charge is 0.325 e. The van der Waals surface area contributed by atoms with Gasteiger partial charge in [0.25, 0.3) is 0 Å². The molecule has 21 heavy (non-hydrogen) atoms. The Morgan fingerprint density at radius 2 is 1.90 bits per heavy atom. The summed E-state index contributed by atoms with van der Waals surface area (Å²) < 4.78 is 0.